The Morgan fingerprint density at radius 2 is 2.11 bits per heavy atom. The molecule has 0 amide bonds. The highest BCUT2D eigenvalue weighted by Crippen LogP contribution is 2.24. The third kappa shape index (κ3) is 2.56. The number of para-hydroxylation sites is 1. The molecule has 0 aliphatic carbocycles. The fraction of sp³-hybridized carbons (Fsp3) is 0.0769. The summed E-state index contributed by atoms with van der Waals surface area (Å²) in [4.78, 5) is 3.57. The van der Waals surface area contributed by atoms with Crippen LogP contribution in [0.3, 0.4) is 0 Å². The fourth-order valence-electron chi connectivity index (χ4n) is 1.65. The lowest BCUT2D eigenvalue weighted by Gasteiger charge is -2.14. The molecule has 2 radical (unpaired) electrons. The van der Waals surface area contributed by atoms with Gasteiger partial charge in [0.15, 0.2) is 0 Å². The van der Waals surface area contributed by atoms with Gasteiger partial charge in [0.2, 0.25) is 5.95 Å². The molecule has 18 heavy (non-hydrogen) atoms. The van der Waals surface area contributed by atoms with Crippen LogP contribution in [0.15, 0.2) is 36.5 Å². The molecule has 0 saturated heterocycles. The number of aromatic nitrogens is 1. The molecule has 0 unspecified atom stereocenters. The first-order valence-corrected chi connectivity index (χ1v) is 5.40. The van der Waals surface area contributed by atoms with E-state index in [0.29, 0.717) is 11.3 Å². The van der Waals surface area contributed by atoms with E-state index >= 15 is 0 Å². The van der Waals surface area contributed by atoms with E-state index in [1.54, 1.807) is 12.1 Å². The van der Waals surface area contributed by atoms with Crippen LogP contribution in [0.2, 0.25) is 0 Å². The van der Waals surface area contributed by atoms with Crippen LogP contribution < -0.4 is 5.32 Å². The number of hydrogen-bond acceptors (Lipinski definition) is 3. The lowest BCUT2D eigenvalue weighted by molar-refractivity contribution is 0.584. The summed E-state index contributed by atoms with van der Waals surface area (Å²) in [6.07, 6.45) is 1.39. The van der Waals surface area contributed by atoms with Crippen molar-refractivity contribution in [2.75, 3.05) is 5.32 Å². The molecule has 88 valence electrons. The molecule has 1 heterocycles. The molecule has 1 aromatic carbocycles. The summed E-state index contributed by atoms with van der Waals surface area (Å²) in [5.41, 5.74) is 2.93. The summed E-state index contributed by atoms with van der Waals surface area (Å²) < 4.78 is 12.7. The van der Waals surface area contributed by atoms with E-state index in [9.17, 15) is 4.39 Å². The highest BCUT2D eigenvalue weighted by Gasteiger charge is 2.07. The second-order valence-electron chi connectivity index (χ2n) is 3.91. The molecule has 0 aliphatic heterocycles. The molecule has 0 bridgehead atoms. The van der Waals surface area contributed by atoms with Gasteiger partial charge in [0.25, 0.3) is 0 Å². The van der Waals surface area contributed by atoms with Crippen LogP contribution >= 0.6 is 0 Å². The molecular formula is C13H11BFN3. The number of aryl methyl sites for hydroxylation is 1. The molecule has 0 saturated carbocycles. The monoisotopic (exact) mass is 239 g/mol. The normalized spacial score (nSPS) is 10.1. The second-order valence-corrected chi connectivity index (χ2v) is 3.91. The Morgan fingerprint density at radius 1 is 1.33 bits per heavy atom. The maximum Gasteiger partial charge on any atom is 0.212 e. The molecule has 3 nitrogen and oxygen atoms in total. The van der Waals surface area contributed by atoms with Gasteiger partial charge >= 0.3 is 0 Å². The molecule has 2 aromatic rings. The Labute approximate surface area is 106 Å². The average Bonchev–Trinajstić information content (AvgIpc) is 2.34. The van der Waals surface area contributed by atoms with E-state index in [0.717, 1.165) is 11.3 Å². The van der Waals surface area contributed by atoms with Crippen LogP contribution in [0.1, 0.15) is 11.1 Å². The van der Waals surface area contributed by atoms with Gasteiger partial charge in [-0.05, 0) is 30.2 Å². The number of pyridine rings is 1. The minimum atomic E-state index is -0.530. The van der Waals surface area contributed by atoms with Gasteiger partial charge in [-0.25, -0.2) is 4.98 Å². The minimum Gasteiger partial charge on any atom is -0.354 e. The predicted molar refractivity (Wildman–Crippen MR) is 71.2 cm³/mol. The number of anilines is 2. The van der Waals surface area contributed by atoms with Gasteiger partial charge in [0.1, 0.15) is 7.85 Å². The summed E-state index contributed by atoms with van der Waals surface area (Å²) in [6, 6.07) is 8.35. The van der Waals surface area contributed by atoms with Crippen LogP contribution in [0, 0.1) is 18.3 Å². The molecule has 1 aromatic heterocycles. The lowest BCUT2D eigenvalue weighted by atomic mass is 9.91. The number of nitrogens with zero attached hydrogens (tertiary/aromatic N) is 1. The zero-order valence-electron chi connectivity index (χ0n) is 9.87. The number of halogens is 1. The first-order chi connectivity index (χ1) is 8.58. The largest absolute Gasteiger partial charge is 0.354 e. The molecule has 2 rings (SSSR count). The number of hydrogen-bond donors (Lipinski definition) is 2. The molecule has 0 spiro atoms. The van der Waals surface area contributed by atoms with Crippen LogP contribution in [-0.2, 0) is 0 Å². The van der Waals surface area contributed by atoms with Gasteiger partial charge in [-0.15, -0.1) is 0 Å². The Hall–Kier alpha value is -2.17. The van der Waals surface area contributed by atoms with E-state index in [1.807, 2.05) is 19.1 Å². The van der Waals surface area contributed by atoms with E-state index in [-0.39, 0.29) is 5.61 Å². The van der Waals surface area contributed by atoms with Crippen LogP contribution in [0.25, 0.3) is 0 Å². The van der Waals surface area contributed by atoms with Gasteiger partial charge in [-0.2, -0.15) is 4.39 Å². The van der Waals surface area contributed by atoms with Gasteiger partial charge in [0.05, 0.1) is 11.9 Å². The quantitative estimate of drug-likeness (QED) is 0.491. The second kappa shape index (κ2) is 5.00. The maximum atomic E-state index is 12.7. The zero-order valence-corrected chi connectivity index (χ0v) is 9.87. The first-order valence-electron chi connectivity index (χ1n) is 5.40. The van der Waals surface area contributed by atoms with E-state index in [4.69, 9.17) is 13.3 Å². The van der Waals surface area contributed by atoms with Gasteiger partial charge in [0, 0.05) is 11.3 Å². The summed E-state index contributed by atoms with van der Waals surface area (Å²) in [5.74, 6) is -0.530. The number of benzene rings is 1. The molecule has 2 N–H and O–H groups in total. The molecule has 0 atom stereocenters. The SMILES string of the molecule is [B]C(=N)c1cccc(C)c1Nc1ccc(F)nc1. The number of rotatable bonds is 3. The highest BCUT2D eigenvalue weighted by atomic mass is 19.1. The van der Waals surface area contributed by atoms with Crippen molar-refractivity contribution in [1.29, 1.82) is 5.41 Å². The van der Waals surface area contributed by atoms with Crippen molar-refractivity contribution in [3.8, 4) is 0 Å². The summed E-state index contributed by atoms with van der Waals surface area (Å²) in [7, 11) is 5.53. The minimum absolute atomic E-state index is 0.0173. The van der Waals surface area contributed by atoms with Crippen molar-refractivity contribution in [1.82, 2.24) is 4.98 Å². The summed E-state index contributed by atoms with van der Waals surface area (Å²) in [5, 5.41) is 10.6. The van der Waals surface area contributed by atoms with Crippen molar-refractivity contribution >= 4 is 24.8 Å². The van der Waals surface area contributed by atoms with Crippen LogP contribution in [0.4, 0.5) is 15.8 Å². The zero-order chi connectivity index (χ0) is 13.1. The standard InChI is InChI=1S/C13H11BFN3/c1-8-3-2-4-10(13(14)16)12(8)18-9-5-6-11(15)17-7-9/h2-7,16,18H,1H3. The van der Waals surface area contributed by atoms with E-state index in [1.165, 1.54) is 12.3 Å². The third-order valence-corrected chi connectivity index (χ3v) is 2.56. The first kappa shape index (κ1) is 12.3. The van der Waals surface area contributed by atoms with E-state index in [2.05, 4.69) is 10.3 Å². The van der Waals surface area contributed by atoms with E-state index < -0.39 is 5.95 Å². The topological polar surface area (TPSA) is 48.8 Å². The van der Waals surface area contributed by atoms with Crippen molar-refractivity contribution in [3.63, 3.8) is 0 Å². The van der Waals surface area contributed by atoms with Gasteiger partial charge in [-0.1, -0.05) is 18.2 Å². The van der Waals surface area contributed by atoms with Gasteiger partial charge < -0.3 is 10.7 Å². The van der Waals surface area contributed by atoms with Crippen molar-refractivity contribution in [2.45, 2.75) is 6.92 Å². The molecular weight excluding hydrogens is 228 g/mol. The molecule has 0 aliphatic rings. The smallest absolute Gasteiger partial charge is 0.212 e. The predicted octanol–water partition coefficient (Wildman–Crippen LogP) is 2.77. The van der Waals surface area contributed by atoms with Gasteiger partial charge in [-0.3, -0.25) is 0 Å². The molecule has 5 heteroatoms. The van der Waals surface area contributed by atoms with Crippen LogP contribution in [0.5, 0.6) is 0 Å². The Morgan fingerprint density at radius 3 is 2.72 bits per heavy atom. The fourth-order valence-corrected chi connectivity index (χ4v) is 1.65. The third-order valence-electron chi connectivity index (χ3n) is 2.56. The summed E-state index contributed by atoms with van der Waals surface area (Å²) in [6.45, 7) is 1.91. The Kier molecular flexibility index (Phi) is 3.41. The maximum absolute atomic E-state index is 12.7. The van der Waals surface area contributed by atoms with Crippen LogP contribution in [-0.4, -0.2) is 18.4 Å². The Bertz CT molecular complexity index is 581. The Balaban J connectivity index is 2.39. The van der Waals surface area contributed by atoms with Crippen molar-refractivity contribution in [3.05, 3.63) is 53.6 Å². The summed E-state index contributed by atoms with van der Waals surface area (Å²) >= 11 is 0. The highest BCUT2D eigenvalue weighted by molar-refractivity contribution is 6.64. The van der Waals surface area contributed by atoms with Crippen molar-refractivity contribution < 1.29 is 4.39 Å². The average molecular weight is 239 g/mol. The lowest BCUT2D eigenvalue weighted by Crippen LogP contribution is -2.05. The van der Waals surface area contributed by atoms with Crippen molar-refractivity contribution in [2.24, 2.45) is 0 Å². The number of nitrogens with one attached hydrogen (secondary N) is 2. The molecule has 0 fully saturated rings.